The number of pyridine rings is 1. The largest absolute Gasteiger partial charge is 0.396 e. The highest BCUT2D eigenvalue weighted by molar-refractivity contribution is 7.99. The summed E-state index contributed by atoms with van der Waals surface area (Å²) in [6, 6.07) is 10.9. The van der Waals surface area contributed by atoms with Gasteiger partial charge in [0, 0.05) is 29.8 Å². The van der Waals surface area contributed by atoms with Crippen molar-refractivity contribution in [3.63, 3.8) is 0 Å². The van der Waals surface area contributed by atoms with Gasteiger partial charge in [-0.15, -0.1) is 11.8 Å². The van der Waals surface area contributed by atoms with Gasteiger partial charge in [0.2, 0.25) is 0 Å². The summed E-state index contributed by atoms with van der Waals surface area (Å²) in [5, 5.41) is 15.2. The van der Waals surface area contributed by atoms with Gasteiger partial charge >= 0.3 is 0 Å². The van der Waals surface area contributed by atoms with E-state index in [0.717, 1.165) is 23.5 Å². The van der Waals surface area contributed by atoms with Crippen molar-refractivity contribution >= 4 is 22.7 Å². The van der Waals surface area contributed by atoms with Gasteiger partial charge in [0.05, 0.1) is 5.52 Å². The quantitative estimate of drug-likeness (QED) is 0.767. The van der Waals surface area contributed by atoms with Crippen molar-refractivity contribution in [2.45, 2.75) is 50.1 Å². The van der Waals surface area contributed by atoms with E-state index in [1.807, 2.05) is 12.1 Å². The third-order valence-corrected chi connectivity index (χ3v) is 4.53. The number of nitrogens with one attached hydrogen (secondary N) is 1. The van der Waals surface area contributed by atoms with Gasteiger partial charge in [-0.2, -0.15) is 0 Å². The number of aliphatic hydroxyl groups is 1. The van der Waals surface area contributed by atoms with Crippen LogP contribution in [0.5, 0.6) is 0 Å². The van der Waals surface area contributed by atoms with Gasteiger partial charge in [-0.05, 0) is 24.1 Å². The molecule has 0 radical (unpaired) electrons. The minimum absolute atomic E-state index is 0.224. The highest BCUT2D eigenvalue weighted by Crippen LogP contribution is 2.29. The molecule has 0 saturated carbocycles. The maximum absolute atomic E-state index is 9.09. The zero-order valence-corrected chi connectivity index (χ0v) is 13.8. The first-order valence-electron chi connectivity index (χ1n) is 7.49. The second-order valence-electron chi connectivity index (χ2n) is 5.62. The average Bonchev–Trinajstić information content (AvgIpc) is 2.45. The number of hydrogen-bond donors (Lipinski definition) is 2. The SMILES string of the molecule is CC(C)NCc1cc2ccccc2nc1SC(C)CCO. The fraction of sp³-hybridized carbons (Fsp3) is 0.471. The summed E-state index contributed by atoms with van der Waals surface area (Å²) in [5.74, 6) is 0. The first-order chi connectivity index (χ1) is 10.1. The summed E-state index contributed by atoms with van der Waals surface area (Å²) in [5.41, 5.74) is 2.27. The lowest BCUT2D eigenvalue weighted by Crippen LogP contribution is -2.22. The van der Waals surface area contributed by atoms with Crippen LogP contribution < -0.4 is 5.32 Å². The minimum Gasteiger partial charge on any atom is -0.396 e. The number of aliphatic hydroxyl groups excluding tert-OH is 1. The molecule has 0 spiro atoms. The molecule has 3 nitrogen and oxygen atoms in total. The van der Waals surface area contributed by atoms with Crippen LogP contribution in [0, 0.1) is 0 Å². The number of para-hydroxylation sites is 1. The highest BCUT2D eigenvalue weighted by Gasteiger charge is 2.12. The molecule has 0 aliphatic rings. The number of thioether (sulfide) groups is 1. The van der Waals surface area contributed by atoms with Crippen LogP contribution in [0.25, 0.3) is 10.9 Å². The number of rotatable bonds is 7. The molecule has 0 bridgehead atoms. The number of benzene rings is 1. The average molecular weight is 304 g/mol. The molecule has 2 N–H and O–H groups in total. The maximum Gasteiger partial charge on any atom is 0.101 e. The summed E-state index contributed by atoms with van der Waals surface area (Å²) in [6.45, 7) is 7.48. The van der Waals surface area contributed by atoms with Crippen LogP contribution in [-0.2, 0) is 6.54 Å². The van der Waals surface area contributed by atoms with Crippen molar-refractivity contribution in [3.8, 4) is 0 Å². The topological polar surface area (TPSA) is 45.2 Å². The zero-order chi connectivity index (χ0) is 15.2. The van der Waals surface area contributed by atoms with E-state index in [-0.39, 0.29) is 6.61 Å². The molecule has 0 aliphatic heterocycles. The number of fused-ring (bicyclic) bond motifs is 1. The van der Waals surface area contributed by atoms with Crippen molar-refractivity contribution in [3.05, 3.63) is 35.9 Å². The van der Waals surface area contributed by atoms with Crippen LogP contribution in [0.2, 0.25) is 0 Å². The molecule has 1 atom stereocenters. The second-order valence-corrected chi connectivity index (χ2v) is 7.05. The molecule has 1 aromatic heterocycles. The Morgan fingerprint density at radius 3 is 2.71 bits per heavy atom. The molecule has 0 aliphatic carbocycles. The smallest absolute Gasteiger partial charge is 0.101 e. The molecule has 21 heavy (non-hydrogen) atoms. The summed E-state index contributed by atoms with van der Waals surface area (Å²) in [4.78, 5) is 4.82. The van der Waals surface area contributed by atoms with Gasteiger partial charge in [-0.3, -0.25) is 0 Å². The zero-order valence-electron chi connectivity index (χ0n) is 13.0. The van der Waals surface area contributed by atoms with E-state index in [2.05, 4.69) is 44.3 Å². The van der Waals surface area contributed by atoms with Crippen LogP contribution in [-0.4, -0.2) is 28.0 Å². The predicted molar refractivity (Wildman–Crippen MR) is 90.7 cm³/mol. The molecular formula is C17H24N2OS. The van der Waals surface area contributed by atoms with Gasteiger partial charge < -0.3 is 10.4 Å². The molecule has 2 rings (SSSR count). The Morgan fingerprint density at radius 1 is 1.24 bits per heavy atom. The lowest BCUT2D eigenvalue weighted by molar-refractivity contribution is 0.289. The second kappa shape index (κ2) is 7.78. The standard InChI is InChI=1S/C17H24N2OS/c1-12(2)18-11-15-10-14-6-4-5-7-16(14)19-17(15)21-13(3)8-9-20/h4-7,10,12-13,18,20H,8-9,11H2,1-3H3. The van der Waals surface area contributed by atoms with Crippen LogP contribution in [0.3, 0.4) is 0 Å². The van der Waals surface area contributed by atoms with E-state index >= 15 is 0 Å². The Balaban J connectivity index is 2.31. The molecule has 1 unspecified atom stereocenters. The van der Waals surface area contributed by atoms with Gasteiger partial charge in [0.25, 0.3) is 0 Å². The Labute approximate surface area is 131 Å². The van der Waals surface area contributed by atoms with Gasteiger partial charge in [0.15, 0.2) is 0 Å². The number of nitrogens with zero attached hydrogens (tertiary/aromatic N) is 1. The lowest BCUT2D eigenvalue weighted by atomic mass is 10.1. The predicted octanol–water partition coefficient (Wildman–Crippen LogP) is 3.60. The van der Waals surface area contributed by atoms with Gasteiger partial charge in [0.1, 0.15) is 5.03 Å². The Bertz CT molecular complexity index is 586. The molecule has 0 fully saturated rings. The Morgan fingerprint density at radius 2 is 2.00 bits per heavy atom. The first kappa shape index (κ1) is 16.3. The third kappa shape index (κ3) is 4.70. The van der Waals surface area contributed by atoms with Crippen LogP contribution in [0.1, 0.15) is 32.8 Å². The van der Waals surface area contributed by atoms with Crippen molar-refractivity contribution in [2.24, 2.45) is 0 Å². The maximum atomic E-state index is 9.09. The van der Waals surface area contributed by atoms with E-state index < -0.39 is 0 Å². The highest BCUT2D eigenvalue weighted by atomic mass is 32.2. The normalized spacial score (nSPS) is 13.0. The van der Waals surface area contributed by atoms with Crippen LogP contribution in [0.4, 0.5) is 0 Å². The van der Waals surface area contributed by atoms with Gasteiger partial charge in [-0.1, -0.05) is 39.0 Å². The fourth-order valence-corrected chi connectivity index (χ4v) is 3.15. The minimum atomic E-state index is 0.224. The number of hydrogen-bond acceptors (Lipinski definition) is 4. The molecule has 1 aromatic carbocycles. The van der Waals surface area contributed by atoms with Crippen LogP contribution in [0.15, 0.2) is 35.4 Å². The van der Waals surface area contributed by atoms with Crippen molar-refractivity contribution in [1.29, 1.82) is 0 Å². The molecule has 2 aromatic rings. The molecule has 114 valence electrons. The third-order valence-electron chi connectivity index (χ3n) is 3.31. The summed E-state index contributed by atoms with van der Waals surface area (Å²) in [7, 11) is 0. The van der Waals surface area contributed by atoms with E-state index in [4.69, 9.17) is 10.1 Å². The van der Waals surface area contributed by atoms with Crippen LogP contribution >= 0.6 is 11.8 Å². The Hall–Kier alpha value is -1.10. The van der Waals surface area contributed by atoms with Crippen molar-refractivity contribution in [1.82, 2.24) is 10.3 Å². The molecule has 4 heteroatoms. The monoisotopic (exact) mass is 304 g/mol. The summed E-state index contributed by atoms with van der Waals surface area (Å²) in [6.07, 6.45) is 0.788. The van der Waals surface area contributed by atoms with E-state index in [0.29, 0.717) is 11.3 Å². The van der Waals surface area contributed by atoms with E-state index in [1.165, 1.54) is 10.9 Å². The molecule has 0 saturated heterocycles. The number of aromatic nitrogens is 1. The molecule has 1 heterocycles. The van der Waals surface area contributed by atoms with E-state index in [9.17, 15) is 0 Å². The Kier molecular flexibility index (Phi) is 6.03. The molecule has 0 amide bonds. The van der Waals surface area contributed by atoms with Gasteiger partial charge in [-0.25, -0.2) is 4.98 Å². The first-order valence-corrected chi connectivity index (χ1v) is 8.37. The van der Waals surface area contributed by atoms with Crippen molar-refractivity contribution in [2.75, 3.05) is 6.61 Å². The fourth-order valence-electron chi connectivity index (χ4n) is 2.12. The van der Waals surface area contributed by atoms with E-state index in [1.54, 1.807) is 11.8 Å². The lowest BCUT2D eigenvalue weighted by Gasteiger charge is -2.15. The molecular weight excluding hydrogens is 280 g/mol. The van der Waals surface area contributed by atoms with Crippen molar-refractivity contribution < 1.29 is 5.11 Å². The summed E-state index contributed by atoms with van der Waals surface area (Å²) >= 11 is 1.75. The summed E-state index contributed by atoms with van der Waals surface area (Å²) < 4.78 is 0.